The number of hydrogen-bond donors (Lipinski definition) is 0. The summed E-state index contributed by atoms with van der Waals surface area (Å²) in [6, 6.07) is 0. The fourth-order valence-electron chi connectivity index (χ4n) is 0. The molecule has 0 saturated heterocycles. The van der Waals surface area contributed by atoms with E-state index in [1.54, 1.807) is 0 Å². The third-order valence-corrected chi connectivity index (χ3v) is 0. The largest absolute Gasteiger partial charge is 0 e. The molecular formula is AlHoTmY. The molecule has 0 aromatic rings. The standard InChI is InChI=1S/Al.Ho.Tm.Y. The van der Waals surface area contributed by atoms with Gasteiger partial charge in [-0.15, -0.1) is 0 Å². The minimum absolute atomic E-state index is 0. The second-order valence-corrected chi connectivity index (χ2v) is 0. The van der Waals surface area contributed by atoms with E-state index in [0.717, 1.165) is 0 Å². The quantitative estimate of drug-likeness (QED) is 0.442. The van der Waals surface area contributed by atoms with Gasteiger partial charge in [0, 0.05) is 125 Å². The molecule has 30 valence electrons. The minimum Gasteiger partial charge on any atom is 0 e. The van der Waals surface area contributed by atoms with Gasteiger partial charge in [-0.2, -0.15) is 0 Å². The fourth-order valence-corrected chi connectivity index (χ4v) is 0. The van der Waals surface area contributed by atoms with E-state index < -0.39 is 0 Å². The van der Waals surface area contributed by atoms with Crippen LogP contribution in [-0.4, -0.2) is 17.4 Å². The summed E-state index contributed by atoms with van der Waals surface area (Å²) < 4.78 is 0. The molecule has 0 rings (SSSR count). The predicted octanol–water partition coefficient (Wildman–Crippen LogP) is -0.383. The maximum atomic E-state index is 0. The van der Waals surface area contributed by atoms with E-state index in [0.29, 0.717) is 0 Å². The maximum absolute atomic E-state index is 0. The summed E-state index contributed by atoms with van der Waals surface area (Å²) in [5.74, 6) is 0. The van der Waals surface area contributed by atoms with Gasteiger partial charge in [0.15, 0.2) is 0 Å². The first-order valence-corrected chi connectivity index (χ1v) is 0. The van der Waals surface area contributed by atoms with E-state index in [1.165, 1.54) is 0 Å². The van der Waals surface area contributed by atoms with Crippen LogP contribution in [-0.2, 0) is 32.7 Å². The van der Waals surface area contributed by atoms with Crippen molar-refractivity contribution in [1.29, 1.82) is 0 Å². The Balaban J connectivity index is 0. The van der Waals surface area contributed by atoms with Crippen molar-refractivity contribution in [2.75, 3.05) is 0 Å². The summed E-state index contributed by atoms with van der Waals surface area (Å²) in [4.78, 5) is 0. The summed E-state index contributed by atoms with van der Waals surface area (Å²) >= 11 is 0. The molecule has 0 aliphatic rings. The average Bonchev–Trinajstić information content (AvgIpc) is 0. The van der Waals surface area contributed by atoms with Gasteiger partial charge in [-0.1, -0.05) is 0 Å². The van der Waals surface area contributed by atoms with Crippen LogP contribution in [0.15, 0.2) is 0 Å². The van der Waals surface area contributed by atoms with Crippen molar-refractivity contribution in [2.45, 2.75) is 0 Å². The summed E-state index contributed by atoms with van der Waals surface area (Å²) in [5.41, 5.74) is 0. The molecule has 0 nitrogen and oxygen atoms in total. The zero-order chi connectivity index (χ0) is 0. The zero-order valence-electron chi connectivity index (χ0n) is 1.73. The van der Waals surface area contributed by atoms with Crippen LogP contribution in [0.25, 0.3) is 0 Å². The van der Waals surface area contributed by atoms with Crippen LogP contribution >= 0.6 is 0 Å². The Hall–Kier alpha value is 4.13. The molecule has 0 heterocycles. The van der Waals surface area contributed by atoms with Gasteiger partial charge in [0.2, 0.25) is 0 Å². The normalized spacial score (nSPS) is 0. The van der Waals surface area contributed by atoms with Gasteiger partial charge in [0.05, 0.1) is 0 Å². The van der Waals surface area contributed by atoms with Crippen molar-refractivity contribution < 1.29 is 107 Å². The molecule has 0 aromatic carbocycles. The van der Waals surface area contributed by atoms with Crippen LogP contribution in [0, 0.1) is 74.6 Å². The molecule has 0 aromatic heterocycles. The smallest absolute Gasteiger partial charge is 0 e. The summed E-state index contributed by atoms with van der Waals surface area (Å²) in [6.07, 6.45) is 0. The van der Waals surface area contributed by atoms with Crippen molar-refractivity contribution >= 4 is 17.4 Å². The summed E-state index contributed by atoms with van der Waals surface area (Å²) in [7, 11) is 0. The van der Waals surface area contributed by atoms with Gasteiger partial charge < -0.3 is 0 Å². The van der Waals surface area contributed by atoms with Crippen LogP contribution in [0.4, 0.5) is 0 Å². The molecule has 0 bridgehead atoms. The summed E-state index contributed by atoms with van der Waals surface area (Å²) in [6.45, 7) is 0. The zero-order valence-corrected chi connectivity index (χ0v) is 9.44. The molecule has 0 fully saturated rings. The van der Waals surface area contributed by atoms with Crippen LogP contribution in [0.5, 0.6) is 0 Å². The van der Waals surface area contributed by atoms with E-state index >= 15 is 0 Å². The first kappa shape index (κ1) is 24.2. The molecule has 0 aliphatic carbocycles. The van der Waals surface area contributed by atoms with Gasteiger partial charge in [-0.05, 0) is 0 Å². The van der Waals surface area contributed by atoms with E-state index in [1.807, 2.05) is 0 Å². The molecule has 4 heteroatoms. The van der Waals surface area contributed by atoms with Gasteiger partial charge in [0.25, 0.3) is 0 Å². The topological polar surface area (TPSA) is 0 Å². The van der Waals surface area contributed by atoms with Crippen molar-refractivity contribution in [3.8, 4) is 0 Å². The predicted molar refractivity (Wildman–Crippen MR) is 5.75 cm³/mol. The molecular weight excluding hydrogens is 450 g/mol. The Kier molecular flexibility index (Phi) is 95.2. The fraction of sp³-hybridized carbons (Fsp3) is 0. The van der Waals surface area contributed by atoms with E-state index in [9.17, 15) is 0 Å². The van der Waals surface area contributed by atoms with Crippen molar-refractivity contribution in [1.82, 2.24) is 0 Å². The molecule has 6 radical (unpaired) electrons. The molecule has 0 spiro atoms. The van der Waals surface area contributed by atoms with Gasteiger partial charge >= 0.3 is 0 Å². The number of rotatable bonds is 0. The Morgan fingerprint density at radius 2 is 1.00 bits per heavy atom. The third kappa shape index (κ3) is 9.46. The SMILES string of the molecule is [Al].[Ho].[Tm].[Y]. The second kappa shape index (κ2) is 15.7. The van der Waals surface area contributed by atoms with Crippen molar-refractivity contribution in [3.05, 3.63) is 0 Å². The van der Waals surface area contributed by atoms with Crippen molar-refractivity contribution in [2.24, 2.45) is 0 Å². The number of hydrogen-bond acceptors (Lipinski definition) is 0. The second-order valence-electron chi connectivity index (χ2n) is 0. The Morgan fingerprint density at radius 1 is 1.00 bits per heavy atom. The Morgan fingerprint density at radius 3 is 1.00 bits per heavy atom. The third-order valence-electron chi connectivity index (χ3n) is 0. The van der Waals surface area contributed by atoms with Gasteiger partial charge in [-0.25, -0.2) is 0 Å². The monoisotopic (exact) mass is 450 g/mol. The Bertz CT molecular complexity index is 8.00. The first-order valence-electron chi connectivity index (χ1n) is 0. The molecule has 0 atom stereocenters. The molecule has 4 heavy (non-hydrogen) atoms. The van der Waals surface area contributed by atoms with Crippen molar-refractivity contribution in [3.63, 3.8) is 0 Å². The Labute approximate surface area is 121 Å². The van der Waals surface area contributed by atoms with Crippen LogP contribution in [0.1, 0.15) is 0 Å². The summed E-state index contributed by atoms with van der Waals surface area (Å²) in [5, 5.41) is 0. The minimum atomic E-state index is 0. The van der Waals surface area contributed by atoms with E-state index in [4.69, 9.17) is 0 Å². The van der Waals surface area contributed by atoms with E-state index in [2.05, 4.69) is 0 Å². The van der Waals surface area contributed by atoms with Gasteiger partial charge in [-0.3, -0.25) is 0 Å². The molecule has 0 saturated carbocycles. The van der Waals surface area contributed by atoms with Gasteiger partial charge in [0.1, 0.15) is 0 Å². The average molecular weight is 450 g/mol. The molecule has 0 unspecified atom stereocenters. The first-order chi connectivity index (χ1) is 0. The van der Waals surface area contributed by atoms with Crippen LogP contribution in [0.3, 0.4) is 0 Å². The van der Waals surface area contributed by atoms with E-state index in [-0.39, 0.29) is 125 Å². The molecule has 0 N–H and O–H groups in total. The van der Waals surface area contributed by atoms with Crippen LogP contribution < -0.4 is 0 Å². The molecule has 0 aliphatic heterocycles. The maximum Gasteiger partial charge on any atom is 0 e. The van der Waals surface area contributed by atoms with Crippen LogP contribution in [0.2, 0.25) is 0 Å². The molecule has 0 amide bonds.